The third-order valence-electron chi connectivity index (χ3n) is 4.34. The first-order chi connectivity index (χ1) is 12.6. The van der Waals surface area contributed by atoms with E-state index in [0.717, 1.165) is 38.6 Å². The number of para-hydroxylation sites is 1. The van der Waals surface area contributed by atoms with E-state index in [0.29, 0.717) is 24.5 Å². The van der Waals surface area contributed by atoms with E-state index < -0.39 is 0 Å². The molecular weight excluding hydrogens is 328 g/mol. The Labute approximate surface area is 155 Å². The van der Waals surface area contributed by atoms with Gasteiger partial charge in [-0.25, -0.2) is 0 Å². The molecule has 0 heterocycles. The van der Waals surface area contributed by atoms with Gasteiger partial charge in [0, 0.05) is 30.4 Å². The van der Waals surface area contributed by atoms with Gasteiger partial charge < -0.3 is 26.1 Å². The van der Waals surface area contributed by atoms with E-state index in [2.05, 4.69) is 29.8 Å². The van der Waals surface area contributed by atoms with Crippen LogP contribution in [0.2, 0.25) is 0 Å². The Morgan fingerprint density at radius 1 is 1.23 bits per heavy atom. The third-order valence-corrected chi connectivity index (χ3v) is 4.34. The van der Waals surface area contributed by atoms with Gasteiger partial charge in [-0.1, -0.05) is 32.0 Å². The number of rotatable bonds is 12. The second-order valence-corrected chi connectivity index (χ2v) is 6.98. The summed E-state index contributed by atoms with van der Waals surface area (Å²) in [5, 5.41) is 17.0. The molecule has 4 N–H and O–H groups in total. The van der Waals surface area contributed by atoms with Crippen LogP contribution in [0.1, 0.15) is 33.1 Å². The second-order valence-electron chi connectivity index (χ2n) is 6.98. The summed E-state index contributed by atoms with van der Waals surface area (Å²) in [4.78, 5) is 12.7. The van der Waals surface area contributed by atoms with Crippen LogP contribution < -0.4 is 16.0 Å². The number of anilines is 1. The Hall–Kier alpha value is -2.34. The molecule has 0 bridgehead atoms. The molecule has 1 aliphatic carbocycles. The Bertz CT molecular complexity index is 624. The lowest BCUT2D eigenvalue weighted by atomic mass is 10.2. The summed E-state index contributed by atoms with van der Waals surface area (Å²) in [7, 11) is 0. The number of hydrogen-bond acceptors (Lipinski definition) is 5. The molecule has 1 aromatic rings. The summed E-state index contributed by atoms with van der Waals surface area (Å²) in [5.41, 5.74) is 1.25. The monoisotopic (exact) mass is 358 g/mol. The lowest BCUT2D eigenvalue weighted by Gasteiger charge is -2.17. The number of carbonyl (C=O) groups excluding carboxylic acids is 1. The Kier molecular flexibility index (Phi) is 7.66. The van der Waals surface area contributed by atoms with Crippen LogP contribution in [0.25, 0.3) is 0 Å². The Balaban J connectivity index is 2.05. The normalized spacial score (nSPS) is 15.6. The molecular formula is C20H30N4O2. The largest absolute Gasteiger partial charge is 0.486 e. The average Bonchev–Trinajstić information content (AvgIpc) is 3.38. The molecule has 26 heavy (non-hydrogen) atoms. The van der Waals surface area contributed by atoms with E-state index in [-0.39, 0.29) is 17.1 Å². The number of nitrogens with one attached hydrogen (secondary N) is 4. The van der Waals surface area contributed by atoms with Crippen LogP contribution in [-0.4, -0.2) is 38.4 Å². The number of hydrogen-bond donors (Lipinski definition) is 4. The highest BCUT2D eigenvalue weighted by molar-refractivity contribution is 6.05. The standard InChI is InChI=1S/C20H30N4O2/c1-3-11-22-12-13-23-17(14-21)18(26-15-20(2)9-10-20)19(25)24-16-7-5-4-6-8-16/h4-8,14,21-23H,3,9-13,15H2,1-2H3,(H,24,25)/b18-17-,21-14?. The van der Waals surface area contributed by atoms with Gasteiger partial charge in [0.05, 0.1) is 6.61 Å². The summed E-state index contributed by atoms with van der Waals surface area (Å²) in [6.45, 7) is 7.07. The molecule has 0 atom stereocenters. The Morgan fingerprint density at radius 2 is 1.96 bits per heavy atom. The van der Waals surface area contributed by atoms with Gasteiger partial charge in [0.15, 0.2) is 0 Å². The molecule has 1 aliphatic rings. The summed E-state index contributed by atoms with van der Waals surface area (Å²) in [6.07, 6.45) is 4.43. The van der Waals surface area contributed by atoms with Crippen molar-refractivity contribution in [3.05, 3.63) is 41.8 Å². The third kappa shape index (κ3) is 6.52. The van der Waals surface area contributed by atoms with Gasteiger partial charge in [-0.05, 0) is 37.9 Å². The van der Waals surface area contributed by atoms with Crippen LogP contribution >= 0.6 is 0 Å². The molecule has 0 aromatic heterocycles. The molecule has 1 aromatic carbocycles. The van der Waals surface area contributed by atoms with Gasteiger partial charge in [0.2, 0.25) is 5.76 Å². The van der Waals surface area contributed by atoms with Crippen molar-refractivity contribution in [2.45, 2.75) is 33.1 Å². The van der Waals surface area contributed by atoms with Crippen molar-refractivity contribution < 1.29 is 9.53 Å². The number of amides is 1. The highest BCUT2D eigenvalue weighted by Gasteiger charge is 2.39. The van der Waals surface area contributed by atoms with Gasteiger partial charge in [-0.15, -0.1) is 0 Å². The molecule has 0 radical (unpaired) electrons. The topological polar surface area (TPSA) is 86.2 Å². The van der Waals surface area contributed by atoms with Crippen LogP contribution in [0.3, 0.4) is 0 Å². The fourth-order valence-electron chi connectivity index (χ4n) is 2.36. The fraction of sp³-hybridized carbons (Fsp3) is 0.500. The number of carbonyl (C=O) groups is 1. The van der Waals surface area contributed by atoms with E-state index in [1.165, 1.54) is 0 Å². The van der Waals surface area contributed by atoms with Crippen molar-refractivity contribution in [3.8, 4) is 0 Å². The fourth-order valence-corrected chi connectivity index (χ4v) is 2.36. The highest BCUT2D eigenvalue weighted by Crippen LogP contribution is 2.45. The van der Waals surface area contributed by atoms with E-state index >= 15 is 0 Å². The summed E-state index contributed by atoms with van der Waals surface area (Å²) >= 11 is 0. The van der Waals surface area contributed by atoms with Crippen molar-refractivity contribution in [1.29, 1.82) is 5.41 Å². The lowest BCUT2D eigenvalue weighted by Crippen LogP contribution is -2.31. The number of ether oxygens (including phenoxy) is 1. The zero-order valence-electron chi connectivity index (χ0n) is 15.7. The minimum atomic E-state index is -0.340. The van der Waals surface area contributed by atoms with Crippen molar-refractivity contribution >= 4 is 17.8 Å². The summed E-state index contributed by atoms with van der Waals surface area (Å²) in [5.74, 6) is -0.166. The maximum absolute atomic E-state index is 12.7. The van der Waals surface area contributed by atoms with Crippen LogP contribution in [0.5, 0.6) is 0 Å². The first-order valence-electron chi connectivity index (χ1n) is 9.26. The highest BCUT2D eigenvalue weighted by atomic mass is 16.5. The van der Waals surface area contributed by atoms with Crippen LogP contribution in [0, 0.1) is 10.8 Å². The second kappa shape index (κ2) is 9.97. The molecule has 1 fully saturated rings. The van der Waals surface area contributed by atoms with E-state index in [9.17, 15) is 4.79 Å². The molecule has 1 saturated carbocycles. The lowest BCUT2D eigenvalue weighted by molar-refractivity contribution is -0.116. The molecule has 6 heteroatoms. The van der Waals surface area contributed by atoms with Crippen LogP contribution in [0.15, 0.2) is 41.8 Å². The van der Waals surface area contributed by atoms with Crippen molar-refractivity contribution in [3.63, 3.8) is 0 Å². The molecule has 0 unspecified atom stereocenters. The zero-order valence-corrected chi connectivity index (χ0v) is 15.7. The van der Waals surface area contributed by atoms with Gasteiger partial charge in [-0.3, -0.25) is 4.79 Å². The first-order valence-corrected chi connectivity index (χ1v) is 9.26. The summed E-state index contributed by atoms with van der Waals surface area (Å²) in [6, 6.07) is 9.26. The SMILES string of the molecule is CCCNCCN/C(C=N)=C(\OCC1(C)CC1)C(=O)Nc1ccccc1. The van der Waals surface area contributed by atoms with Crippen molar-refractivity contribution in [1.82, 2.24) is 10.6 Å². The molecule has 0 saturated heterocycles. The maximum Gasteiger partial charge on any atom is 0.292 e. The molecule has 6 nitrogen and oxygen atoms in total. The summed E-state index contributed by atoms with van der Waals surface area (Å²) < 4.78 is 5.87. The zero-order chi connectivity index (χ0) is 18.8. The van der Waals surface area contributed by atoms with Gasteiger partial charge in [-0.2, -0.15) is 0 Å². The maximum atomic E-state index is 12.7. The predicted octanol–water partition coefficient (Wildman–Crippen LogP) is 2.89. The molecule has 2 rings (SSSR count). The Morgan fingerprint density at radius 3 is 2.58 bits per heavy atom. The molecule has 1 amide bonds. The smallest absolute Gasteiger partial charge is 0.292 e. The van der Waals surface area contributed by atoms with Crippen LogP contribution in [0.4, 0.5) is 5.69 Å². The minimum Gasteiger partial charge on any atom is -0.486 e. The molecule has 0 spiro atoms. The first kappa shape index (κ1) is 20.0. The molecule has 142 valence electrons. The number of benzene rings is 1. The minimum absolute atomic E-state index is 0.147. The number of allylic oxidation sites excluding steroid dienone is 1. The quantitative estimate of drug-likeness (QED) is 0.200. The van der Waals surface area contributed by atoms with Gasteiger partial charge >= 0.3 is 0 Å². The van der Waals surface area contributed by atoms with Crippen LogP contribution in [-0.2, 0) is 9.53 Å². The van der Waals surface area contributed by atoms with Gasteiger partial charge in [0.25, 0.3) is 5.91 Å². The van der Waals surface area contributed by atoms with Crippen molar-refractivity contribution in [2.24, 2.45) is 5.41 Å². The van der Waals surface area contributed by atoms with Crippen molar-refractivity contribution in [2.75, 3.05) is 31.6 Å². The van der Waals surface area contributed by atoms with E-state index in [4.69, 9.17) is 10.1 Å². The van der Waals surface area contributed by atoms with E-state index in [1.54, 1.807) is 0 Å². The van der Waals surface area contributed by atoms with E-state index in [1.807, 2.05) is 30.3 Å². The molecule has 0 aliphatic heterocycles. The average molecular weight is 358 g/mol. The predicted molar refractivity (Wildman–Crippen MR) is 105 cm³/mol. The van der Waals surface area contributed by atoms with Gasteiger partial charge in [0.1, 0.15) is 5.70 Å².